The molecule has 0 aromatic heterocycles. The minimum atomic E-state index is -0.300. The lowest BCUT2D eigenvalue weighted by Gasteiger charge is -2.34. The van der Waals surface area contributed by atoms with E-state index >= 15 is 0 Å². The molecule has 1 saturated heterocycles. The van der Waals surface area contributed by atoms with E-state index in [9.17, 15) is 9.59 Å². The first kappa shape index (κ1) is 15.6. The standard InChI is InChI=1S/C17H22N2O4/c1-2-22-17(21)19-9-7-18(8-10-19)16(20)14-5-6-15-13(12-14)4-3-11-23-15/h5-6,12H,2-4,7-11H2,1H3. The minimum absolute atomic E-state index is 0.0156. The van der Waals surface area contributed by atoms with Gasteiger partial charge in [-0.2, -0.15) is 0 Å². The van der Waals surface area contributed by atoms with Gasteiger partial charge in [0.25, 0.3) is 5.91 Å². The summed E-state index contributed by atoms with van der Waals surface area (Å²) < 4.78 is 10.6. The maximum atomic E-state index is 12.6. The van der Waals surface area contributed by atoms with E-state index in [0.717, 1.165) is 30.8 Å². The van der Waals surface area contributed by atoms with Gasteiger partial charge in [0, 0.05) is 31.7 Å². The van der Waals surface area contributed by atoms with Crippen LogP contribution in [0.25, 0.3) is 0 Å². The maximum absolute atomic E-state index is 12.6. The van der Waals surface area contributed by atoms with Gasteiger partial charge in [-0.05, 0) is 43.5 Å². The summed E-state index contributed by atoms with van der Waals surface area (Å²) in [6, 6.07) is 5.65. The fourth-order valence-electron chi connectivity index (χ4n) is 2.98. The van der Waals surface area contributed by atoms with Crippen molar-refractivity contribution in [2.24, 2.45) is 0 Å². The molecule has 6 nitrogen and oxygen atoms in total. The molecule has 2 aliphatic heterocycles. The molecular weight excluding hydrogens is 296 g/mol. The van der Waals surface area contributed by atoms with Crippen LogP contribution in [0, 0.1) is 0 Å². The Balaban J connectivity index is 1.62. The van der Waals surface area contributed by atoms with Gasteiger partial charge < -0.3 is 19.3 Å². The van der Waals surface area contributed by atoms with Gasteiger partial charge in [0.1, 0.15) is 5.75 Å². The number of carbonyl (C=O) groups is 2. The van der Waals surface area contributed by atoms with E-state index in [1.165, 1.54) is 0 Å². The summed E-state index contributed by atoms with van der Waals surface area (Å²) in [6.07, 6.45) is 1.64. The zero-order valence-electron chi connectivity index (χ0n) is 13.4. The van der Waals surface area contributed by atoms with Crippen LogP contribution in [0.2, 0.25) is 0 Å². The molecule has 124 valence electrons. The van der Waals surface area contributed by atoms with Gasteiger partial charge in [0.05, 0.1) is 13.2 Å². The lowest BCUT2D eigenvalue weighted by Crippen LogP contribution is -2.50. The normalized spacial score (nSPS) is 17.3. The second kappa shape index (κ2) is 6.89. The summed E-state index contributed by atoms with van der Waals surface area (Å²) >= 11 is 0. The van der Waals surface area contributed by atoms with Gasteiger partial charge in [-0.3, -0.25) is 4.79 Å². The van der Waals surface area contributed by atoms with E-state index in [0.29, 0.717) is 38.3 Å². The quantitative estimate of drug-likeness (QED) is 0.836. The Morgan fingerprint density at radius 2 is 1.91 bits per heavy atom. The predicted molar refractivity (Wildman–Crippen MR) is 84.8 cm³/mol. The van der Waals surface area contributed by atoms with Gasteiger partial charge >= 0.3 is 6.09 Å². The van der Waals surface area contributed by atoms with Crippen molar-refractivity contribution in [2.45, 2.75) is 19.8 Å². The van der Waals surface area contributed by atoms with Gasteiger partial charge in [-0.25, -0.2) is 4.79 Å². The summed E-state index contributed by atoms with van der Waals surface area (Å²) in [7, 11) is 0. The Hall–Kier alpha value is -2.24. The van der Waals surface area contributed by atoms with Crippen molar-refractivity contribution in [1.82, 2.24) is 9.80 Å². The molecule has 6 heteroatoms. The minimum Gasteiger partial charge on any atom is -0.493 e. The molecule has 2 aliphatic rings. The predicted octanol–water partition coefficient (Wildman–Crippen LogP) is 1.93. The van der Waals surface area contributed by atoms with Crippen molar-refractivity contribution >= 4 is 12.0 Å². The molecule has 1 fully saturated rings. The maximum Gasteiger partial charge on any atom is 0.409 e. The smallest absolute Gasteiger partial charge is 0.409 e. The molecule has 0 radical (unpaired) electrons. The Kier molecular flexibility index (Phi) is 4.69. The van der Waals surface area contributed by atoms with Crippen LogP contribution < -0.4 is 4.74 Å². The molecule has 0 bridgehead atoms. The number of rotatable bonds is 2. The Labute approximate surface area is 136 Å². The fourth-order valence-corrected chi connectivity index (χ4v) is 2.98. The Bertz CT molecular complexity index is 594. The molecule has 0 N–H and O–H groups in total. The molecule has 1 aromatic rings. The molecular formula is C17H22N2O4. The lowest BCUT2D eigenvalue weighted by molar-refractivity contribution is 0.0570. The van der Waals surface area contributed by atoms with E-state index in [1.807, 2.05) is 18.2 Å². The van der Waals surface area contributed by atoms with Crippen LogP contribution in [0.4, 0.5) is 4.79 Å². The first-order valence-electron chi connectivity index (χ1n) is 8.15. The molecule has 0 spiro atoms. The number of piperazine rings is 1. The van der Waals surface area contributed by atoms with Gasteiger partial charge in [-0.15, -0.1) is 0 Å². The average Bonchev–Trinajstić information content (AvgIpc) is 2.61. The van der Waals surface area contributed by atoms with E-state index in [1.54, 1.807) is 16.7 Å². The van der Waals surface area contributed by atoms with Crippen molar-refractivity contribution in [3.63, 3.8) is 0 Å². The molecule has 0 unspecified atom stereocenters. The summed E-state index contributed by atoms with van der Waals surface area (Å²) in [4.78, 5) is 27.8. The summed E-state index contributed by atoms with van der Waals surface area (Å²) in [6.45, 7) is 5.00. The first-order valence-corrected chi connectivity index (χ1v) is 8.15. The highest BCUT2D eigenvalue weighted by atomic mass is 16.6. The number of fused-ring (bicyclic) bond motifs is 1. The van der Waals surface area contributed by atoms with Crippen molar-refractivity contribution in [1.29, 1.82) is 0 Å². The second-order valence-electron chi connectivity index (χ2n) is 5.75. The Morgan fingerprint density at radius 3 is 2.65 bits per heavy atom. The average molecular weight is 318 g/mol. The summed E-state index contributed by atoms with van der Waals surface area (Å²) in [5, 5.41) is 0. The third-order valence-corrected chi connectivity index (χ3v) is 4.25. The molecule has 0 atom stereocenters. The third kappa shape index (κ3) is 3.41. The van der Waals surface area contributed by atoms with Crippen LogP contribution >= 0.6 is 0 Å². The number of amides is 2. The molecule has 2 heterocycles. The number of aryl methyl sites for hydroxylation is 1. The van der Waals surface area contributed by atoms with Gasteiger partial charge in [0.2, 0.25) is 0 Å². The van der Waals surface area contributed by atoms with Crippen molar-refractivity contribution in [3.8, 4) is 5.75 Å². The zero-order chi connectivity index (χ0) is 16.2. The lowest BCUT2D eigenvalue weighted by atomic mass is 10.0. The third-order valence-electron chi connectivity index (χ3n) is 4.25. The number of benzene rings is 1. The highest BCUT2D eigenvalue weighted by Crippen LogP contribution is 2.26. The number of hydrogen-bond donors (Lipinski definition) is 0. The largest absolute Gasteiger partial charge is 0.493 e. The molecule has 1 aromatic carbocycles. The monoisotopic (exact) mass is 318 g/mol. The number of carbonyl (C=O) groups excluding carboxylic acids is 2. The Morgan fingerprint density at radius 1 is 1.17 bits per heavy atom. The zero-order valence-corrected chi connectivity index (χ0v) is 13.4. The fraction of sp³-hybridized carbons (Fsp3) is 0.529. The highest BCUT2D eigenvalue weighted by Gasteiger charge is 2.26. The van der Waals surface area contributed by atoms with Gasteiger partial charge in [-0.1, -0.05) is 0 Å². The molecule has 3 rings (SSSR count). The SMILES string of the molecule is CCOC(=O)N1CCN(C(=O)c2ccc3c(c2)CCCO3)CC1. The number of ether oxygens (including phenoxy) is 2. The van der Waals surface area contributed by atoms with E-state index in [2.05, 4.69) is 0 Å². The topological polar surface area (TPSA) is 59.1 Å². The summed E-state index contributed by atoms with van der Waals surface area (Å²) in [5.41, 5.74) is 1.80. The van der Waals surface area contributed by atoms with Crippen LogP contribution in [-0.4, -0.2) is 61.2 Å². The van der Waals surface area contributed by atoms with E-state index < -0.39 is 0 Å². The molecule has 0 saturated carbocycles. The number of nitrogens with zero attached hydrogens (tertiary/aromatic N) is 2. The van der Waals surface area contributed by atoms with Crippen LogP contribution in [0.3, 0.4) is 0 Å². The first-order chi connectivity index (χ1) is 11.2. The number of hydrogen-bond acceptors (Lipinski definition) is 4. The molecule has 0 aliphatic carbocycles. The van der Waals surface area contributed by atoms with Crippen LogP contribution in [0.15, 0.2) is 18.2 Å². The van der Waals surface area contributed by atoms with E-state index in [-0.39, 0.29) is 12.0 Å². The summed E-state index contributed by atoms with van der Waals surface area (Å²) in [5.74, 6) is 0.904. The van der Waals surface area contributed by atoms with Crippen molar-refractivity contribution in [2.75, 3.05) is 39.4 Å². The van der Waals surface area contributed by atoms with E-state index in [4.69, 9.17) is 9.47 Å². The van der Waals surface area contributed by atoms with Crippen molar-refractivity contribution < 1.29 is 19.1 Å². The van der Waals surface area contributed by atoms with Crippen LogP contribution in [-0.2, 0) is 11.2 Å². The van der Waals surface area contributed by atoms with Crippen LogP contribution in [0.1, 0.15) is 29.3 Å². The van der Waals surface area contributed by atoms with Crippen LogP contribution in [0.5, 0.6) is 5.75 Å². The molecule has 23 heavy (non-hydrogen) atoms. The van der Waals surface area contributed by atoms with Crippen molar-refractivity contribution in [3.05, 3.63) is 29.3 Å². The van der Waals surface area contributed by atoms with Gasteiger partial charge in [0.15, 0.2) is 0 Å². The highest BCUT2D eigenvalue weighted by molar-refractivity contribution is 5.94. The molecule has 2 amide bonds. The second-order valence-corrected chi connectivity index (χ2v) is 5.75.